The molecule has 0 fully saturated rings. The Morgan fingerprint density at radius 1 is 1.44 bits per heavy atom. The lowest BCUT2D eigenvalue weighted by atomic mass is 9.95. The minimum absolute atomic E-state index is 0.387. The largest absolute Gasteiger partial charge is 0.467 e. The number of ether oxygens (including phenoxy) is 1. The third-order valence-corrected chi connectivity index (χ3v) is 2.20. The predicted molar refractivity (Wildman–Crippen MR) is 50.7 cm³/mol. The predicted octanol–water partition coefficient (Wildman–Crippen LogP) is 1.32. The average molecular weight is 266 g/mol. The minimum atomic E-state index is -5.33. The number of hydrogen-bond donors (Lipinski definition) is 1. The molecule has 8 heteroatoms. The number of alkyl halides is 3. The normalized spacial score (nSPS) is 14.9. The number of carbonyl (C=O) groups excluding carboxylic acids is 2. The Balaban J connectivity index is 3.00. The first-order valence-corrected chi connectivity index (χ1v) is 4.66. The van der Waals surface area contributed by atoms with E-state index in [-0.39, 0.29) is 5.76 Å². The maximum atomic E-state index is 12.6. The SMILES string of the molecule is COC(=O)C(O)(CC(=O)c1ccco1)C(F)(F)F. The number of carbonyl (C=O) groups is 2. The Morgan fingerprint density at radius 2 is 2.06 bits per heavy atom. The summed E-state index contributed by atoms with van der Waals surface area (Å²) in [6, 6.07) is 2.41. The van der Waals surface area contributed by atoms with Crippen LogP contribution in [-0.4, -0.2) is 35.7 Å². The van der Waals surface area contributed by atoms with Crippen LogP contribution in [0, 0.1) is 0 Å². The molecule has 18 heavy (non-hydrogen) atoms. The van der Waals surface area contributed by atoms with Crippen LogP contribution < -0.4 is 0 Å². The summed E-state index contributed by atoms with van der Waals surface area (Å²) in [4.78, 5) is 22.4. The molecule has 1 heterocycles. The van der Waals surface area contributed by atoms with Crippen molar-refractivity contribution in [1.82, 2.24) is 0 Å². The minimum Gasteiger partial charge on any atom is -0.467 e. The molecule has 1 aromatic heterocycles. The Labute approximate surface area is 99.1 Å². The standard InChI is InChI=1S/C10H9F3O5/c1-17-8(15)9(16,10(11,12)13)5-6(14)7-3-2-4-18-7/h2-4,16H,5H2,1H3. The van der Waals surface area contributed by atoms with E-state index in [1.165, 1.54) is 6.07 Å². The van der Waals surface area contributed by atoms with Crippen molar-refractivity contribution in [2.45, 2.75) is 18.2 Å². The molecule has 0 aliphatic rings. The molecular formula is C10H9F3O5. The van der Waals surface area contributed by atoms with Crippen molar-refractivity contribution in [3.8, 4) is 0 Å². The molecule has 0 saturated heterocycles. The summed E-state index contributed by atoms with van der Waals surface area (Å²) in [5.41, 5.74) is -3.88. The first kappa shape index (κ1) is 14.2. The first-order valence-electron chi connectivity index (χ1n) is 4.66. The molecule has 0 aliphatic heterocycles. The van der Waals surface area contributed by atoms with E-state index < -0.39 is 30.0 Å². The lowest BCUT2D eigenvalue weighted by Crippen LogP contribution is -2.54. The van der Waals surface area contributed by atoms with Crippen LogP contribution in [0.4, 0.5) is 13.2 Å². The number of hydrogen-bond acceptors (Lipinski definition) is 5. The lowest BCUT2D eigenvalue weighted by Gasteiger charge is -2.26. The highest BCUT2D eigenvalue weighted by molar-refractivity contribution is 5.98. The van der Waals surface area contributed by atoms with Crippen molar-refractivity contribution < 1.29 is 37.0 Å². The molecule has 100 valence electrons. The second-order valence-corrected chi connectivity index (χ2v) is 3.43. The van der Waals surface area contributed by atoms with Gasteiger partial charge in [-0.25, -0.2) is 4.79 Å². The Hall–Kier alpha value is -1.83. The molecule has 0 spiro atoms. The van der Waals surface area contributed by atoms with E-state index >= 15 is 0 Å². The lowest BCUT2D eigenvalue weighted by molar-refractivity contribution is -0.260. The fourth-order valence-electron chi connectivity index (χ4n) is 1.21. The Kier molecular flexibility index (Phi) is 3.80. The van der Waals surface area contributed by atoms with Crippen LogP contribution >= 0.6 is 0 Å². The summed E-state index contributed by atoms with van der Waals surface area (Å²) in [5.74, 6) is -3.50. The summed E-state index contributed by atoms with van der Waals surface area (Å²) in [5, 5.41) is 9.32. The first-order chi connectivity index (χ1) is 8.22. The molecule has 1 atom stereocenters. The van der Waals surface area contributed by atoms with E-state index in [1.54, 1.807) is 0 Å². The molecule has 1 N–H and O–H groups in total. The number of methoxy groups -OCH3 is 1. The van der Waals surface area contributed by atoms with Crippen molar-refractivity contribution in [2.75, 3.05) is 7.11 Å². The zero-order chi connectivity index (χ0) is 14.0. The number of esters is 1. The van der Waals surface area contributed by atoms with Gasteiger partial charge in [-0.05, 0) is 12.1 Å². The molecule has 0 amide bonds. The monoisotopic (exact) mass is 266 g/mol. The summed E-state index contributed by atoms with van der Waals surface area (Å²) in [6.45, 7) is 0. The van der Waals surface area contributed by atoms with Gasteiger partial charge >= 0.3 is 12.1 Å². The van der Waals surface area contributed by atoms with Crippen molar-refractivity contribution in [1.29, 1.82) is 0 Å². The van der Waals surface area contributed by atoms with Gasteiger partial charge in [0.15, 0.2) is 5.76 Å². The maximum Gasteiger partial charge on any atom is 0.428 e. The zero-order valence-electron chi connectivity index (χ0n) is 9.15. The van der Waals surface area contributed by atoms with Gasteiger partial charge in [0.1, 0.15) is 0 Å². The Morgan fingerprint density at radius 3 is 2.44 bits per heavy atom. The van der Waals surface area contributed by atoms with Gasteiger partial charge < -0.3 is 14.3 Å². The van der Waals surface area contributed by atoms with Crippen LogP contribution in [-0.2, 0) is 9.53 Å². The molecule has 1 unspecified atom stereocenters. The van der Waals surface area contributed by atoms with Crippen LogP contribution in [0.2, 0.25) is 0 Å². The number of furan rings is 1. The molecular weight excluding hydrogens is 257 g/mol. The van der Waals surface area contributed by atoms with Crippen LogP contribution in [0.25, 0.3) is 0 Å². The van der Waals surface area contributed by atoms with E-state index in [0.717, 1.165) is 12.3 Å². The van der Waals surface area contributed by atoms with E-state index in [2.05, 4.69) is 9.15 Å². The van der Waals surface area contributed by atoms with Gasteiger partial charge in [0.05, 0.1) is 19.8 Å². The van der Waals surface area contributed by atoms with E-state index in [9.17, 15) is 27.9 Å². The molecule has 0 aliphatic carbocycles. The molecule has 0 aromatic carbocycles. The second kappa shape index (κ2) is 4.81. The van der Waals surface area contributed by atoms with E-state index in [4.69, 9.17) is 0 Å². The van der Waals surface area contributed by atoms with Crippen LogP contribution in [0.3, 0.4) is 0 Å². The third-order valence-electron chi connectivity index (χ3n) is 2.20. The fourth-order valence-corrected chi connectivity index (χ4v) is 1.21. The van der Waals surface area contributed by atoms with E-state index in [1.807, 2.05) is 0 Å². The zero-order valence-corrected chi connectivity index (χ0v) is 9.15. The quantitative estimate of drug-likeness (QED) is 0.657. The third kappa shape index (κ3) is 2.53. The van der Waals surface area contributed by atoms with Crippen molar-refractivity contribution >= 4 is 11.8 Å². The van der Waals surface area contributed by atoms with Gasteiger partial charge in [-0.1, -0.05) is 0 Å². The topological polar surface area (TPSA) is 76.7 Å². The van der Waals surface area contributed by atoms with Gasteiger partial charge in [-0.2, -0.15) is 13.2 Å². The van der Waals surface area contributed by atoms with Crippen molar-refractivity contribution in [2.24, 2.45) is 0 Å². The summed E-state index contributed by atoms with van der Waals surface area (Å²) >= 11 is 0. The maximum absolute atomic E-state index is 12.6. The molecule has 0 bridgehead atoms. The summed E-state index contributed by atoms with van der Waals surface area (Å²) in [7, 11) is 0.677. The number of rotatable bonds is 4. The number of ketones is 1. The molecule has 1 rings (SSSR count). The van der Waals surface area contributed by atoms with E-state index in [0.29, 0.717) is 7.11 Å². The fraction of sp³-hybridized carbons (Fsp3) is 0.400. The Bertz CT molecular complexity index is 437. The average Bonchev–Trinajstić information content (AvgIpc) is 2.79. The number of Topliss-reactive ketones (excluding diaryl/α,β-unsaturated/α-hetero) is 1. The van der Waals surface area contributed by atoms with Crippen LogP contribution in [0.1, 0.15) is 17.0 Å². The smallest absolute Gasteiger partial charge is 0.428 e. The highest BCUT2D eigenvalue weighted by atomic mass is 19.4. The number of aliphatic hydroxyl groups is 1. The summed E-state index contributed by atoms with van der Waals surface area (Å²) in [6.07, 6.45) is -5.75. The van der Waals surface area contributed by atoms with Gasteiger partial charge in [0.2, 0.25) is 5.78 Å². The van der Waals surface area contributed by atoms with Gasteiger partial charge in [-0.3, -0.25) is 4.79 Å². The van der Waals surface area contributed by atoms with Gasteiger partial charge in [0, 0.05) is 0 Å². The van der Waals surface area contributed by atoms with Crippen molar-refractivity contribution in [3.63, 3.8) is 0 Å². The number of halogens is 3. The van der Waals surface area contributed by atoms with Crippen molar-refractivity contribution in [3.05, 3.63) is 24.2 Å². The van der Waals surface area contributed by atoms with Gasteiger partial charge in [-0.15, -0.1) is 0 Å². The highest BCUT2D eigenvalue weighted by Gasteiger charge is 2.61. The second-order valence-electron chi connectivity index (χ2n) is 3.43. The van der Waals surface area contributed by atoms with Crippen LogP contribution in [0.15, 0.2) is 22.8 Å². The molecule has 0 radical (unpaired) electrons. The molecule has 0 saturated carbocycles. The highest BCUT2D eigenvalue weighted by Crippen LogP contribution is 2.35. The van der Waals surface area contributed by atoms with Gasteiger partial charge in [0.25, 0.3) is 5.60 Å². The van der Waals surface area contributed by atoms with Crippen LogP contribution in [0.5, 0.6) is 0 Å². The molecule has 1 aromatic rings. The molecule has 5 nitrogen and oxygen atoms in total. The summed E-state index contributed by atoms with van der Waals surface area (Å²) < 4.78 is 46.3.